The average Bonchev–Trinajstić information content (AvgIpc) is 2.07. The second-order valence-corrected chi connectivity index (χ2v) is 10.4. The standard InChI is InChI=1S/C12H28O4Si.C4H10O.2H2O.Zr/c1-10(2,3)14-17(13,15-11(4,5)6)16-12(7,8)9;1-4(2)3-5;;;/h13H,1-9H3;4-5H,3H2,1-2H3;2*1H2;. The van der Waals surface area contributed by atoms with Crippen LogP contribution in [0.15, 0.2) is 0 Å². The molecule has 9 heteroatoms. The van der Waals surface area contributed by atoms with Crippen LogP contribution in [-0.4, -0.2) is 53.3 Å². The fourth-order valence-electron chi connectivity index (χ4n) is 1.22. The van der Waals surface area contributed by atoms with E-state index in [1.807, 2.05) is 76.2 Å². The first-order valence-corrected chi connectivity index (χ1v) is 9.50. The molecule has 156 valence electrons. The molecule has 0 aromatic rings. The van der Waals surface area contributed by atoms with Crippen LogP contribution in [0, 0.1) is 5.92 Å². The van der Waals surface area contributed by atoms with E-state index in [9.17, 15) is 4.80 Å². The Morgan fingerprint density at radius 2 is 0.880 bits per heavy atom. The van der Waals surface area contributed by atoms with Crippen LogP contribution in [-0.2, 0) is 39.5 Å². The summed E-state index contributed by atoms with van der Waals surface area (Å²) in [7, 11) is -3.66. The SMILES string of the molecule is CC(C)(C)O[Si](O)(OC(C)(C)C)OC(C)(C)C.CC(C)CO.O.O.[Zr]. The average molecular weight is 466 g/mol. The van der Waals surface area contributed by atoms with Crippen LogP contribution in [0.25, 0.3) is 0 Å². The molecule has 0 aliphatic carbocycles. The third kappa shape index (κ3) is 29.8. The number of aliphatic hydroxyl groups excluding tert-OH is 1. The molecule has 0 radical (unpaired) electrons. The molecular weight excluding hydrogens is 423 g/mol. The predicted molar refractivity (Wildman–Crippen MR) is 99.6 cm³/mol. The predicted octanol–water partition coefficient (Wildman–Crippen LogP) is 1.84. The van der Waals surface area contributed by atoms with Crippen molar-refractivity contribution in [2.24, 2.45) is 5.92 Å². The van der Waals surface area contributed by atoms with Gasteiger partial charge in [0.05, 0.1) is 16.8 Å². The first-order chi connectivity index (χ1) is 9.39. The van der Waals surface area contributed by atoms with Crippen molar-refractivity contribution in [3.8, 4) is 0 Å². The molecule has 0 bridgehead atoms. The van der Waals surface area contributed by atoms with E-state index < -0.39 is 25.9 Å². The fraction of sp³-hybridized carbons (Fsp3) is 1.00. The van der Waals surface area contributed by atoms with Crippen molar-refractivity contribution < 1.29 is 60.3 Å². The molecule has 0 amide bonds. The third-order valence-electron chi connectivity index (χ3n) is 1.67. The Hall–Kier alpha value is 0.820. The molecule has 0 atom stereocenters. The van der Waals surface area contributed by atoms with Gasteiger partial charge in [-0.25, -0.2) is 0 Å². The van der Waals surface area contributed by atoms with Gasteiger partial charge in [-0.1, -0.05) is 13.8 Å². The van der Waals surface area contributed by atoms with E-state index >= 15 is 0 Å². The van der Waals surface area contributed by atoms with Crippen LogP contribution < -0.4 is 0 Å². The maximum absolute atomic E-state index is 10.5. The van der Waals surface area contributed by atoms with Gasteiger partial charge >= 0.3 is 9.05 Å². The van der Waals surface area contributed by atoms with Crippen LogP contribution >= 0.6 is 0 Å². The number of hydrogen-bond acceptors (Lipinski definition) is 5. The van der Waals surface area contributed by atoms with Crippen molar-refractivity contribution in [2.75, 3.05) is 6.61 Å². The van der Waals surface area contributed by atoms with Gasteiger partial charge in [0.15, 0.2) is 0 Å². The van der Waals surface area contributed by atoms with Gasteiger partial charge in [-0.2, -0.15) is 0 Å². The van der Waals surface area contributed by atoms with Gasteiger partial charge in [-0.15, -0.1) is 0 Å². The summed E-state index contributed by atoms with van der Waals surface area (Å²) in [5, 5.41) is 8.14. The summed E-state index contributed by atoms with van der Waals surface area (Å²) in [6.07, 6.45) is 0. The molecule has 0 aromatic carbocycles. The van der Waals surface area contributed by atoms with Crippen molar-refractivity contribution in [3.05, 3.63) is 0 Å². The molecule has 0 fully saturated rings. The molecule has 0 aromatic heterocycles. The Morgan fingerprint density at radius 3 is 0.960 bits per heavy atom. The maximum atomic E-state index is 10.5. The molecule has 0 aliphatic heterocycles. The molecule has 25 heavy (non-hydrogen) atoms. The van der Waals surface area contributed by atoms with Gasteiger partial charge in [0, 0.05) is 32.8 Å². The van der Waals surface area contributed by atoms with Gasteiger partial charge in [0.25, 0.3) is 0 Å². The zero-order valence-electron chi connectivity index (χ0n) is 17.9. The Balaban J connectivity index is -0.000000147. The second-order valence-electron chi connectivity index (χ2n) is 8.74. The zero-order chi connectivity index (χ0) is 18.4. The van der Waals surface area contributed by atoms with Crippen LogP contribution in [0.2, 0.25) is 0 Å². The molecule has 6 N–H and O–H groups in total. The number of rotatable bonds is 4. The van der Waals surface area contributed by atoms with Crippen molar-refractivity contribution in [1.29, 1.82) is 0 Å². The Labute approximate surface area is 174 Å². The van der Waals surface area contributed by atoms with E-state index in [4.69, 9.17) is 18.4 Å². The molecule has 7 nitrogen and oxygen atoms in total. The summed E-state index contributed by atoms with van der Waals surface area (Å²) in [5.41, 5.74) is -1.55. The van der Waals surface area contributed by atoms with Crippen molar-refractivity contribution in [3.63, 3.8) is 0 Å². The summed E-state index contributed by atoms with van der Waals surface area (Å²) in [5.74, 6) is 0.440. The van der Waals surface area contributed by atoms with E-state index in [2.05, 4.69) is 0 Å². The normalized spacial score (nSPS) is 12.2. The van der Waals surface area contributed by atoms with Crippen molar-refractivity contribution >= 4 is 9.05 Å². The third-order valence-corrected chi connectivity index (χ3v) is 4.28. The monoisotopic (exact) mass is 464 g/mol. The van der Waals surface area contributed by atoms with Crippen LogP contribution in [0.3, 0.4) is 0 Å². The van der Waals surface area contributed by atoms with Crippen LogP contribution in [0.5, 0.6) is 0 Å². The minimum Gasteiger partial charge on any atom is -0.412 e. The Morgan fingerprint density at radius 1 is 0.720 bits per heavy atom. The van der Waals surface area contributed by atoms with Gasteiger partial charge in [-0.05, 0) is 68.2 Å². The van der Waals surface area contributed by atoms with E-state index in [0.717, 1.165) is 0 Å². The molecule has 0 heterocycles. The van der Waals surface area contributed by atoms with Crippen molar-refractivity contribution in [1.82, 2.24) is 0 Å². The second kappa shape index (κ2) is 13.9. The summed E-state index contributed by atoms with van der Waals surface area (Å²) >= 11 is 0. The first kappa shape index (κ1) is 36.7. The van der Waals surface area contributed by atoms with E-state index in [1.54, 1.807) is 0 Å². The first-order valence-electron chi connectivity index (χ1n) is 7.83. The topological polar surface area (TPSA) is 131 Å². The molecule has 0 saturated heterocycles. The minimum atomic E-state index is -3.66. The smallest absolute Gasteiger partial charge is 0.412 e. The minimum absolute atomic E-state index is 0. The molecule has 0 spiro atoms. The summed E-state index contributed by atoms with van der Waals surface area (Å²) in [6.45, 7) is 21.0. The largest absolute Gasteiger partial charge is 0.678 e. The van der Waals surface area contributed by atoms with Crippen LogP contribution in [0.1, 0.15) is 76.2 Å². The summed E-state index contributed by atoms with van der Waals surface area (Å²) in [4.78, 5) is 10.5. The fourth-order valence-corrected chi connectivity index (χ4v) is 3.67. The maximum Gasteiger partial charge on any atom is 0.678 e. The van der Waals surface area contributed by atoms with E-state index in [-0.39, 0.29) is 37.2 Å². The van der Waals surface area contributed by atoms with E-state index in [0.29, 0.717) is 12.5 Å². The van der Waals surface area contributed by atoms with Gasteiger partial charge < -0.3 is 34.1 Å². The van der Waals surface area contributed by atoms with E-state index in [1.165, 1.54) is 0 Å². The van der Waals surface area contributed by atoms with Gasteiger partial charge in [-0.3, -0.25) is 0 Å². The summed E-state index contributed by atoms with van der Waals surface area (Å²) in [6, 6.07) is 0. The molecule has 0 unspecified atom stereocenters. The van der Waals surface area contributed by atoms with Crippen LogP contribution in [0.4, 0.5) is 0 Å². The number of aliphatic hydroxyl groups is 1. The molecule has 0 saturated carbocycles. The zero-order valence-corrected chi connectivity index (χ0v) is 21.4. The van der Waals surface area contributed by atoms with Gasteiger partial charge in [0.1, 0.15) is 0 Å². The number of hydrogen-bond donors (Lipinski definition) is 2. The van der Waals surface area contributed by atoms with Gasteiger partial charge in [0.2, 0.25) is 0 Å². The molecule has 0 rings (SSSR count). The Kier molecular flexibility index (Phi) is 20.4. The summed E-state index contributed by atoms with van der Waals surface area (Å²) < 4.78 is 16.9. The van der Waals surface area contributed by atoms with Crippen molar-refractivity contribution in [2.45, 2.75) is 93.0 Å². The molecule has 0 aliphatic rings. The quantitative estimate of drug-likeness (QED) is 0.612. The molecular formula is C16H42O7SiZr. The Bertz CT molecular complexity index is 266.